The summed E-state index contributed by atoms with van der Waals surface area (Å²) in [4.78, 5) is 7.51. The molecule has 4 heteroatoms. The summed E-state index contributed by atoms with van der Waals surface area (Å²) < 4.78 is 0. The first-order valence-corrected chi connectivity index (χ1v) is 8.74. The fraction of sp³-hybridized carbons (Fsp3) is 0.667. The van der Waals surface area contributed by atoms with Crippen LogP contribution in [-0.2, 0) is 6.54 Å². The Hall–Kier alpha value is -1.10. The molecular weight excluding hydrogens is 272 g/mol. The molecule has 4 nitrogen and oxygen atoms in total. The van der Waals surface area contributed by atoms with Crippen molar-refractivity contribution >= 4 is 5.69 Å². The van der Waals surface area contributed by atoms with Crippen LogP contribution in [0.5, 0.6) is 0 Å². The van der Waals surface area contributed by atoms with Crippen molar-refractivity contribution in [2.45, 2.75) is 26.4 Å². The lowest BCUT2D eigenvalue weighted by Crippen LogP contribution is -2.49. The number of hydrogen-bond acceptors (Lipinski definition) is 4. The maximum absolute atomic E-state index is 3.63. The lowest BCUT2D eigenvalue weighted by atomic mass is 9.94. The van der Waals surface area contributed by atoms with E-state index in [0.29, 0.717) is 6.04 Å². The zero-order chi connectivity index (χ0) is 15.5. The van der Waals surface area contributed by atoms with Gasteiger partial charge in [-0.1, -0.05) is 6.07 Å². The number of likely N-dealkylation sites (N-methyl/N-ethyl adjacent to an activating group) is 1. The molecular formula is C18H30N4. The van der Waals surface area contributed by atoms with Crippen LogP contribution >= 0.6 is 0 Å². The highest BCUT2D eigenvalue weighted by Gasteiger charge is 2.28. The van der Waals surface area contributed by atoms with Crippen LogP contribution in [0.15, 0.2) is 18.2 Å². The van der Waals surface area contributed by atoms with E-state index in [4.69, 9.17) is 0 Å². The number of nitrogens with one attached hydrogen (secondary N) is 1. The lowest BCUT2D eigenvalue weighted by Gasteiger charge is -2.41. The van der Waals surface area contributed by atoms with E-state index in [2.05, 4.69) is 59.1 Å². The first-order chi connectivity index (χ1) is 10.7. The van der Waals surface area contributed by atoms with Crippen molar-refractivity contribution in [3.63, 3.8) is 0 Å². The molecule has 22 heavy (non-hydrogen) atoms. The highest BCUT2D eigenvalue weighted by atomic mass is 15.3. The van der Waals surface area contributed by atoms with Gasteiger partial charge in [-0.3, -0.25) is 4.90 Å². The number of benzene rings is 1. The molecule has 3 rings (SSSR count). The SMILES string of the molecule is CCN(CC)c1ccc2c(c1)CNC[C@H]2N1CCN(C)CC1. The summed E-state index contributed by atoms with van der Waals surface area (Å²) in [6.07, 6.45) is 0. The minimum Gasteiger partial charge on any atom is -0.372 e. The zero-order valence-corrected chi connectivity index (χ0v) is 14.3. The molecule has 0 amide bonds. The summed E-state index contributed by atoms with van der Waals surface area (Å²) in [5.74, 6) is 0. The van der Waals surface area contributed by atoms with Crippen molar-refractivity contribution in [2.24, 2.45) is 0 Å². The molecule has 1 aromatic carbocycles. The monoisotopic (exact) mass is 302 g/mol. The molecule has 0 spiro atoms. The molecule has 1 atom stereocenters. The Balaban J connectivity index is 1.81. The summed E-state index contributed by atoms with van der Waals surface area (Å²) in [7, 11) is 2.22. The molecule has 1 aromatic rings. The summed E-state index contributed by atoms with van der Waals surface area (Å²) in [6.45, 7) is 13.4. The predicted octanol–water partition coefficient (Wildman–Crippen LogP) is 1.92. The van der Waals surface area contributed by atoms with Crippen LogP contribution < -0.4 is 10.2 Å². The normalized spacial score (nSPS) is 23.3. The van der Waals surface area contributed by atoms with Crippen LogP contribution in [0.4, 0.5) is 5.69 Å². The van der Waals surface area contributed by atoms with Crippen molar-refractivity contribution in [1.29, 1.82) is 0 Å². The molecule has 0 saturated carbocycles. The summed E-state index contributed by atoms with van der Waals surface area (Å²) in [5, 5.41) is 3.63. The predicted molar refractivity (Wildman–Crippen MR) is 93.5 cm³/mol. The largest absolute Gasteiger partial charge is 0.372 e. The molecule has 0 radical (unpaired) electrons. The van der Waals surface area contributed by atoms with Crippen molar-refractivity contribution in [3.05, 3.63) is 29.3 Å². The first kappa shape index (κ1) is 15.8. The summed E-state index contributed by atoms with van der Waals surface area (Å²) in [5.41, 5.74) is 4.39. The molecule has 2 aliphatic heterocycles. The van der Waals surface area contributed by atoms with Gasteiger partial charge in [-0.15, -0.1) is 0 Å². The second kappa shape index (κ2) is 6.99. The zero-order valence-electron chi connectivity index (χ0n) is 14.3. The summed E-state index contributed by atoms with van der Waals surface area (Å²) in [6, 6.07) is 7.65. The Morgan fingerprint density at radius 2 is 1.86 bits per heavy atom. The van der Waals surface area contributed by atoms with Gasteiger partial charge in [0, 0.05) is 64.1 Å². The second-order valence-electron chi connectivity index (χ2n) is 6.54. The van der Waals surface area contributed by atoms with Crippen LogP contribution in [-0.4, -0.2) is 62.7 Å². The molecule has 122 valence electrons. The number of nitrogens with zero attached hydrogens (tertiary/aromatic N) is 3. The van der Waals surface area contributed by atoms with Gasteiger partial charge in [0.2, 0.25) is 0 Å². The van der Waals surface area contributed by atoms with Crippen LogP contribution in [0.3, 0.4) is 0 Å². The highest BCUT2D eigenvalue weighted by Crippen LogP contribution is 2.31. The number of hydrogen-bond donors (Lipinski definition) is 1. The van der Waals surface area contributed by atoms with Crippen LogP contribution in [0.1, 0.15) is 31.0 Å². The third-order valence-electron chi connectivity index (χ3n) is 5.25. The number of piperazine rings is 1. The van der Waals surface area contributed by atoms with Gasteiger partial charge in [0.25, 0.3) is 0 Å². The maximum Gasteiger partial charge on any atom is 0.0477 e. The van der Waals surface area contributed by atoms with Crippen LogP contribution in [0.2, 0.25) is 0 Å². The van der Waals surface area contributed by atoms with Crippen LogP contribution in [0, 0.1) is 0 Å². The van der Waals surface area contributed by atoms with E-state index in [9.17, 15) is 0 Å². The molecule has 2 aliphatic rings. The molecule has 2 heterocycles. The third-order valence-corrected chi connectivity index (χ3v) is 5.25. The van der Waals surface area contributed by atoms with Crippen molar-refractivity contribution < 1.29 is 0 Å². The van der Waals surface area contributed by atoms with E-state index >= 15 is 0 Å². The van der Waals surface area contributed by atoms with E-state index in [1.807, 2.05) is 0 Å². The topological polar surface area (TPSA) is 21.8 Å². The Kier molecular flexibility index (Phi) is 5.01. The van der Waals surface area contributed by atoms with Gasteiger partial charge >= 0.3 is 0 Å². The number of fused-ring (bicyclic) bond motifs is 1. The van der Waals surface area contributed by atoms with E-state index in [0.717, 1.165) is 26.2 Å². The van der Waals surface area contributed by atoms with Gasteiger partial charge in [-0.05, 0) is 44.2 Å². The third kappa shape index (κ3) is 3.14. The van der Waals surface area contributed by atoms with Gasteiger partial charge < -0.3 is 15.1 Å². The molecule has 0 aliphatic carbocycles. The highest BCUT2D eigenvalue weighted by molar-refractivity contribution is 5.52. The number of rotatable bonds is 4. The van der Waals surface area contributed by atoms with E-state index in [1.54, 1.807) is 5.56 Å². The standard InChI is InChI=1S/C18H30N4/c1-4-21(5-2)16-6-7-17-15(12-16)13-19-14-18(17)22-10-8-20(3)9-11-22/h6-7,12,18-19H,4-5,8-11,13-14H2,1-3H3/t18-/m1/s1. The minimum absolute atomic E-state index is 0.545. The number of anilines is 1. The molecule has 0 aromatic heterocycles. The van der Waals surface area contributed by atoms with E-state index in [1.165, 1.54) is 37.4 Å². The molecule has 0 bridgehead atoms. The second-order valence-corrected chi connectivity index (χ2v) is 6.54. The Morgan fingerprint density at radius 1 is 1.14 bits per heavy atom. The Labute approximate surface area is 135 Å². The fourth-order valence-electron chi connectivity index (χ4n) is 3.77. The van der Waals surface area contributed by atoms with Gasteiger partial charge in [0.05, 0.1) is 0 Å². The van der Waals surface area contributed by atoms with Crippen molar-refractivity contribution in [3.8, 4) is 0 Å². The van der Waals surface area contributed by atoms with E-state index in [-0.39, 0.29) is 0 Å². The molecule has 1 N–H and O–H groups in total. The van der Waals surface area contributed by atoms with E-state index < -0.39 is 0 Å². The van der Waals surface area contributed by atoms with Gasteiger partial charge in [0.15, 0.2) is 0 Å². The minimum atomic E-state index is 0.545. The molecule has 1 fully saturated rings. The first-order valence-electron chi connectivity index (χ1n) is 8.74. The summed E-state index contributed by atoms with van der Waals surface area (Å²) >= 11 is 0. The van der Waals surface area contributed by atoms with Gasteiger partial charge in [-0.2, -0.15) is 0 Å². The molecule has 1 saturated heterocycles. The quantitative estimate of drug-likeness (QED) is 0.917. The van der Waals surface area contributed by atoms with Crippen LogP contribution in [0.25, 0.3) is 0 Å². The van der Waals surface area contributed by atoms with Crippen molar-refractivity contribution in [2.75, 3.05) is 57.8 Å². The Morgan fingerprint density at radius 3 is 2.55 bits per heavy atom. The van der Waals surface area contributed by atoms with Gasteiger partial charge in [-0.25, -0.2) is 0 Å². The van der Waals surface area contributed by atoms with Gasteiger partial charge in [0.1, 0.15) is 0 Å². The Bertz CT molecular complexity index is 490. The average Bonchev–Trinajstić information content (AvgIpc) is 2.56. The smallest absolute Gasteiger partial charge is 0.0477 e. The molecule has 0 unspecified atom stereocenters. The maximum atomic E-state index is 3.63. The van der Waals surface area contributed by atoms with Crippen molar-refractivity contribution in [1.82, 2.24) is 15.1 Å². The fourth-order valence-corrected chi connectivity index (χ4v) is 3.77. The average molecular weight is 302 g/mol. The lowest BCUT2D eigenvalue weighted by molar-refractivity contribution is 0.106.